The lowest BCUT2D eigenvalue weighted by Gasteiger charge is -2.33. The standard InChI is InChI=1S/C33H24N4/c1-2-32-34-26-15-10-18-30-33(26)37(32)29-20-19-23(21-31(29)35(30)22-11-4-3-5-12-22)36-27-16-8-6-13-24(27)25-14-7-9-17-28(25)36/h3-21H,2H2,1H3. The number of benzene rings is 5. The van der Waals surface area contributed by atoms with E-state index in [0.717, 1.165) is 46.2 Å². The van der Waals surface area contributed by atoms with Crippen molar-refractivity contribution in [2.24, 2.45) is 0 Å². The summed E-state index contributed by atoms with van der Waals surface area (Å²) < 4.78 is 4.74. The van der Waals surface area contributed by atoms with Crippen LogP contribution < -0.4 is 4.90 Å². The first-order chi connectivity index (χ1) is 18.3. The van der Waals surface area contributed by atoms with Crippen LogP contribution in [0.5, 0.6) is 0 Å². The molecule has 0 aliphatic carbocycles. The van der Waals surface area contributed by atoms with Gasteiger partial charge in [0.05, 0.1) is 39.1 Å². The molecular formula is C33H24N4. The topological polar surface area (TPSA) is 26.0 Å². The van der Waals surface area contributed by atoms with Crippen LogP contribution in [0.2, 0.25) is 0 Å². The Morgan fingerprint density at radius 1 is 0.568 bits per heavy atom. The molecule has 0 atom stereocenters. The van der Waals surface area contributed by atoms with Gasteiger partial charge in [-0.2, -0.15) is 0 Å². The highest BCUT2D eigenvalue weighted by molar-refractivity contribution is 6.09. The average molecular weight is 477 g/mol. The maximum atomic E-state index is 5.02. The van der Waals surface area contributed by atoms with Crippen molar-refractivity contribution in [3.63, 3.8) is 0 Å². The zero-order chi connectivity index (χ0) is 24.5. The molecule has 4 heteroatoms. The number of hydrogen-bond acceptors (Lipinski definition) is 2. The lowest BCUT2D eigenvalue weighted by atomic mass is 10.1. The van der Waals surface area contributed by atoms with Gasteiger partial charge in [-0.1, -0.05) is 67.6 Å². The third-order valence-corrected chi connectivity index (χ3v) is 7.58. The summed E-state index contributed by atoms with van der Waals surface area (Å²) >= 11 is 0. The number of nitrogens with zero attached hydrogens (tertiary/aromatic N) is 4. The molecule has 176 valence electrons. The molecule has 7 aromatic rings. The number of anilines is 3. The van der Waals surface area contributed by atoms with Crippen molar-refractivity contribution in [1.29, 1.82) is 0 Å². The number of aromatic nitrogens is 3. The molecule has 0 spiro atoms. The van der Waals surface area contributed by atoms with E-state index in [0.29, 0.717) is 0 Å². The summed E-state index contributed by atoms with van der Waals surface area (Å²) in [5, 5.41) is 2.54. The van der Waals surface area contributed by atoms with Gasteiger partial charge in [0.1, 0.15) is 5.82 Å². The van der Waals surface area contributed by atoms with Gasteiger partial charge in [0, 0.05) is 28.6 Å². The highest BCUT2D eigenvalue weighted by atomic mass is 15.2. The Hall–Kier alpha value is -4.83. The van der Waals surface area contributed by atoms with Crippen LogP contribution in [0.3, 0.4) is 0 Å². The Kier molecular flexibility index (Phi) is 4.17. The van der Waals surface area contributed by atoms with Crippen molar-refractivity contribution in [2.75, 3.05) is 4.90 Å². The Bertz CT molecular complexity index is 1920. The Morgan fingerprint density at radius 3 is 2.00 bits per heavy atom. The lowest BCUT2D eigenvalue weighted by Crippen LogP contribution is -2.19. The SMILES string of the molecule is CCc1nc2cccc3c2n1-c1ccc(-n2c4ccccc4c4ccccc42)cc1N3c1ccccc1. The van der Waals surface area contributed by atoms with Crippen LogP contribution in [0.1, 0.15) is 12.7 Å². The molecule has 4 nitrogen and oxygen atoms in total. The van der Waals surface area contributed by atoms with Crippen molar-refractivity contribution >= 4 is 49.9 Å². The fourth-order valence-electron chi connectivity index (χ4n) is 6.04. The summed E-state index contributed by atoms with van der Waals surface area (Å²) in [4.78, 5) is 7.40. The van der Waals surface area contributed by atoms with Gasteiger partial charge in [0.15, 0.2) is 0 Å². The molecule has 0 fully saturated rings. The van der Waals surface area contributed by atoms with Gasteiger partial charge in [-0.05, 0) is 54.6 Å². The van der Waals surface area contributed by atoms with Crippen LogP contribution in [-0.2, 0) is 6.42 Å². The Morgan fingerprint density at radius 2 is 1.27 bits per heavy atom. The summed E-state index contributed by atoms with van der Waals surface area (Å²) in [6, 6.07) is 41.3. The second kappa shape index (κ2) is 7.58. The van der Waals surface area contributed by atoms with Crippen LogP contribution in [0.25, 0.3) is 44.2 Å². The van der Waals surface area contributed by atoms with E-state index in [1.54, 1.807) is 0 Å². The van der Waals surface area contributed by atoms with E-state index < -0.39 is 0 Å². The van der Waals surface area contributed by atoms with E-state index in [1.807, 2.05) is 0 Å². The van der Waals surface area contributed by atoms with Gasteiger partial charge < -0.3 is 9.47 Å². The number of imidazole rings is 1. The predicted octanol–water partition coefficient (Wildman–Crippen LogP) is 8.47. The number of hydrogen-bond donors (Lipinski definition) is 0. The van der Waals surface area contributed by atoms with Gasteiger partial charge >= 0.3 is 0 Å². The molecule has 3 heterocycles. The number of aryl methyl sites for hydroxylation is 1. The second-order valence-electron chi connectivity index (χ2n) is 9.58. The molecule has 0 saturated heterocycles. The molecule has 0 amide bonds. The van der Waals surface area contributed by atoms with Crippen LogP contribution in [0, 0.1) is 0 Å². The molecule has 8 rings (SSSR count). The molecule has 2 aromatic heterocycles. The Labute approximate surface area is 214 Å². The second-order valence-corrected chi connectivity index (χ2v) is 9.58. The molecular weight excluding hydrogens is 452 g/mol. The Balaban J connectivity index is 1.48. The van der Waals surface area contributed by atoms with Crippen LogP contribution in [0.15, 0.2) is 115 Å². The van der Waals surface area contributed by atoms with Gasteiger partial charge in [-0.15, -0.1) is 0 Å². The quantitative estimate of drug-likeness (QED) is 0.256. The summed E-state index contributed by atoms with van der Waals surface area (Å²) in [6.07, 6.45) is 0.869. The highest BCUT2D eigenvalue weighted by Gasteiger charge is 2.29. The van der Waals surface area contributed by atoms with Crippen LogP contribution in [-0.4, -0.2) is 14.1 Å². The van der Waals surface area contributed by atoms with Gasteiger partial charge in [-0.3, -0.25) is 4.57 Å². The normalized spacial score (nSPS) is 12.5. The first-order valence-corrected chi connectivity index (χ1v) is 12.8. The molecule has 1 aliphatic heterocycles. The molecule has 1 aliphatic rings. The van der Waals surface area contributed by atoms with Crippen molar-refractivity contribution in [1.82, 2.24) is 14.1 Å². The minimum atomic E-state index is 0.869. The monoisotopic (exact) mass is 476 g/mol. The zero-order valence-electron chi connectivity index (χ0n) is 20.5. The maximum absolute atomic E-state index is 5.02. The van der Waals surface area contributed by atoms with Crippen molar-refractivity contribution in [2.45, 2.75) is 13.3 Å². The van der Waals surface area contributed by atoms with Crippen LogP contribution >= 0.6 is 0 Å². The average Bonchev–Trinajstić information content (AvgIpc) is 3.50. The number of para-hydroxylation sites is 4. The first-order valence-electron chi connectivity index (χ1n) is 12.8. The fourth-order valence-corrected chi connectivity index (χ4v) is 6.04. The molecule has 0 saturated carbocycles. The first kappa shape index (κ1) is 20.4. The van der Waals surface area contributed by atoms with E-state index in [9.17, 15) is 0 Å². The lowest BCUT2D eigenvalue weighted by molar-refractivity contribution is 0.899. The summed E-state index contributed by atoms with van der Waals surface area (Å²) in [5.74, 6) is 1.08. The summed E-state index contributed by atoms with van der Waals surface area (Å²) in [5.41, 5.74) is 10.4. The van der Waals surface area contributed by atoms with E-state index in [2.05, 4.69) is 136 Å². The summed E-state index contributed by atoms with van der Waals surface area (Å²) in [7, 11) is 0. The van der Waals surface area contributed by atoms with Gasteiger partial charge in [-0.25, -0.2) is 4.98 Å². The molecule has 0 radical (unpaired) electrons. The molecule has 0 N–H and O–H groups in total. The zero-order valence-corrected chi connectivity index (χ0v) is 20.5. The van der Waals surface area contributed by atoms with E-state index in [-0.39, 0.29) is 0 Å². The molecule has 0 unspecified atom stereocenters. The highest BCUT2D eigenvalue weighted by Crippen LogP contribution is 2.48. The van der Waals surface area contributed by atoms with Crippen molar-refractivity contribution in [3.05, 3.63) is 121 Å². The molecule has 37 heavy (non-hydrogen) atoms. The summed E-state index contributed by atoms with van der Waals surface area (Å²) in [6.45, 7) is 2.18. The van der Waals surface area contributed by atoms with Crippen molar-refractivity contribution < 1.29 is 0 Å². The smallest absolute Gasteiger partial charge is 0.114 e. The fraction of sp³-hybridized carbons (Fsp3) is 0.0606. The van der Waals surface area contributed by atoms with E-state index in [1.165, 1.54) is 27.3 Å². The maximum Gasteiger partial charge on any atom is 0.114 e. The minimum Gasteiger partial charge on any atom is -0.309 e. The largest absolute Gasteiger partial charge is 0.309 e. The van der Waals surface area contributed by atoms with Gasteiger partial charge in [0.2, 0.25) is 0 Å². The minimum absolute atomic E-state index is 0.869. The number of fused-ring (bicyclic) bond motifs is 5. The van der Waals surface area contributed by atoms with E-state index >= 15 is 0 Å². The predicted molar refractivity (Wildman–Crippen MR) is 153 cm³/mol. The molecule has 0 bridgehead atoms. The third kappa shape index (κ3) is 2.75. The molecule has 5 aromatic carbocycles. The van der Waals surface area contributed by atoms with E-state index in [4.69, 9.17) is 4.98 Å². The van der Waals surface area contributed by atoms with Gasteiger partial charge in [0.25, 0.3) is 0 Å². The number of rotatable bonds is 3. The third-order valence-electron chi connectivity index (χ3n) is 7.58. The van der Waals surface area contributed by atoms with Crippen LogP contribution in [0.4, 0.5) is 17.1 Å². The van der Waals surface area contributed by atoms with Crippen molar-refractivity contribution in [3.8, 4) is 11.4 Å².